The predicted octanol–water partition coefficient (Wildman–Crippen LogP) is 3.32. The summed E-state index contributed by atoms with van der Waals surface area (Å²) >= 11 is 5.89. The van der Waals surface area contributed by atoms with E-state index in [4.69, 9.17) is 16.3 Å². The Morgan fingerprint density at radius 3 is 2.63 bits per heavy atom. The van der Waals surface area contributed by atoms with Gasteiger partial charge in [-0.3, -0.25) is 0 Å². The van der Waals surface area contributed by atoms with Gasteiger partial charge >= 0.3 is 12.1 Å². The predicted molar refractivity (Wildman–Crippen MR) is 103 cm³/mol. The monoisotopic (exact) mass is 431 g/mol. The molecule has 0 spiro atoms. The zero-order valence-corrected chi connectivity index (χ0v) is 17.1. The molecule has 1 amide bonds. The number of hydrogen-bond acceptors (Lipinski definition) is 8. The second kappa shape index (κ2) is 8.68. The molecule has 1 aromatic carbocycles. The maximum Gasteiger partial charge on any atom is 0.408 e. The number of carboxylic acids is 1. The molecular formula is C16H18ClN3O5S2. The van der Waals surface area contributed by atoms with E-state index in [1.54, 1.807) is 26.8 Å². The van der Waals surface area contributed by atoms with Crippen molar-refractivity contribution in [2.75, 3.05) is 0 Å². The summed E-state index contributed by atoms with van der Waals surface area (Å²) in [5.74, 6) is -1.35. The zero-order valence-electron chi connectivity index (χ0n) is 14.7. The van der Waals surface area contributed by atoms with E-state index in [1.165, 1.54) is 33.0 Å². The fourth-order valence-electron chi connectivity index (χ4n) is 2.01. The maximum absolute atomic E-state index is 11.8. The van der Waals surface area contributed by atoms with Crippen LogP contribution >= 0.6 is 32.5 Å². The number of carboxylic acid groups (broad SMARTS) is 1. The van der Waals surface area contributed by atoms with Crippen molar-refractivity contribution in [2.24, 2.45) is 4.99 Å². The van der Waals surface area contributed by atoms with Crippen molar-refractivity contribution in [3.05, 3.63) is 33.6 Å². The fraction of sp³-hybridized carbons (Fsp3) is 0.375. The van der Waals surface area contributed by atoms with Crippen molar-refractivity contribution in [2.45, 2.75) is 38.8 Å². The van der Waals surface area contributed by atoms with Gasteiger partial charge in [0.2, 0.25) is 0 Å². The Kier molecular flexibility index (Phi) is 6.79. The lowest BCUT2D eigenvalue weighted by molar-refractivity contribution is -0.139. The van der Waals surface area contributed by atoms with Crippen LogP contribution in [0.5, 0.6) is 5.75 Å². The van der Waals surface area contributed by atoms with E-state index in [0.717, 1.165) is 0 Å². The largest absolute Gasteiger partial charge is 0.506 e. The number of phenolic OH excluding ortho intramolecular Hbond substituents is 1. The number of carbonyl (C=O) groups is 2. The molecule has 1 heterocycles. The van der Waals surface area contributed by atoms with Crippen LogP contribution in [-0.2, 0) is 16.0 Å². The normalized spacial score (nSPS) is 13.3. The molecule has 2 rings (SSSR count). The number of nitrogens with one attached hydrogen (secondary N) is 1. The number of hydrogen-bond donors (Lipinski definition) is 3. The highest BCUT2D eigenvalue weighted by atomic mass is 35.5. The van der Waals surface area contributed by atoms with E-state index in [0.29, 0.717) is 10.2 Å². The van der Waals surface area contributed by atoms with Gasteiger partial charge in [-0.15, -0.1) is 0 Å². The molecule has 0 radical (unpaired) electrons. The van der Waals surface area contributed by atoms with Crippen LogP contribution in [0.25, 0.3) is 0 Å². The van der Waals surface area contributed by atoms with Crippen LogP contribution in [0.2, 0.25) is 5.15 Å². The van der Waals surface area contributed by atoms with Gasteiger partial charge in [0.25, 0.3) is 0 Å². The number of ether oxygens (including phenoxy) is 1. The average Bonchev–Trinajstić information content (AvgIpc) is 2.92. The van der Waals surface area contributed by atoms with Crippen molar-refractivity contribution in [3.8, 4) is 5.75 Å². The Hall–Kier alpha value is -2.17. The Labute approximate surface area is 167 Å². The van der Waals surface area contributed by atoms with Crippen LogP contribution in [0.4, 0.5) is 10.5 Å². The standard InChI is InChI=1S/C16H18ClN3O5S2/c1-16(2,3)25-15(24)19-10(14(22)23)6-8-4-5-9(11(21)7-8)18-13-12(17)20-27-26-13/h4-5,7,10,21H,6H2,1-3H3,(H,19,24)(H,22,23). The summed E-state index contributed by atoms with van der Waals surface area (Å²) in [6.45, 7) is 5.04. The van der Waals surface area contributed by atoms with Crippen molar-refractivity contribution >= 4 is 50.2 Å². The first kappa shape index (κ1) is 21.1. The summed E-state index contributed by atoms with van der Waals surface area (Å²) < 4.78 is 9.45. The number of benzene rings is 1. The van der Waals surface area contributed by atoms with Gasteiger partial charge in [-0.2, -0.15) is 4.37 Å². The van der Waals surface area contributed by atoms with Crippen LogP contribution < -0.4 is 9.99 Å². The van der Waals surface area contributed by atoms with E-state index < -0.39 is 23.7 Å². The Morgan fingerprint density at radius 2 is 2.11 bits per heavy atom. The number of aromatic nitrogens is 1. The molecular weight excluding hydrogens is 414 g/mol. The van der Waals surface area contributed by atoms with Gasteiger partial charge in [-0.05, 0) is 48.8 Å². The number of alkyl carbamates (subject to hydrolysis) is 1. The Balaban J connectivity index is 2.15. The second-order valence-corrected chi connectivity index (χ2v) is 8.71. The highest BCUT2D eigenvalue weighted by Gasteiger charge is 2.24. The third-order valence-corrected chi connectivity index (χ3v) is 5.27. The van der Waals surface area contributed by atoms with Crippen molar-refractivity contribution in [3.63, 3.8) is 0 Å². The molecule has 0 aliphatic carbocycles. The molecule has 146 valence electrons. The summed E-state index contributed by atoms with van der Waals surface area (Å²) in [6, 6.07) is 3.34. The van der Waals surface area contributed by atoms with E-state index >= 15 is 0 Å². The minimum Gasteiger partial charge on any atom is -0.506 e. The molecule has 1 aromatic heterocycles. The van der Waals surface area contributed by atoms with Gasteiger partial charge in [0.05, 0.1) is 0 Å². The Bertz CT molecular complexity index is 904. The summed E-state index contributed by atoms with van der Waals surface area (Å²) in [6.07, 6.45) is -0.863. The molecule has 0 fully saturated rings. The number of aromatic hydroxyl groups is 1. The quantitative estimate of drug-likeness (QED) is 0.624. The smallest absolute Gasteiger partial charge is 0.408 e. The highest BCUT2D eigenvalue weighted by Crippen LogP contribution is 2.28. The van der Waals surface area contributed by atoms with Crippen molar-refractivity contribution in [1.29, 1.82) is 0 Å². The van der Waals surface area contributed by atoms with E-state index in [1.807, 2.05) is 0 Å². The Morgan fingerprint density at radius 1 is 1.41 bits per heavy atom. The summed E-state index contributed by atoms with van der Waals surface area (Å²) in [5, 5.41) is 22.1. The lowest BCUT2D eigenvalue weighted by Crippen LogP contribution is -2.44. The first-order valence-corrected chi connectivity index (χ1v) is 10.2. The van der Waals surface area contributed by atoms with E-state index in [2.05, 4.69) is 14.7 Å². The number of phenols is 1. The van der Waals surface area contributed by atoms with Gasteiger partial charge in [0.1, 0.15) is 23.1 Å². The van der Waals surface area contributed by atoms with Crippen LogP contribution in [0, 0.1) is 0 Å². The summed E-state index contributed by atoms with van der Waals surface area (Å²) in [4.78, 5) is 27.5. The molecule has 11 heteroatoms. The molecule has 0 saturated heterocycles. The molecule has 0 bridgehead atoms. The SMILES string of the molecule is CC(C)(C)OC(=O)NC(Cc1ccc(N=c2ssnc2Cl)c(O)c1)C(=O)O. The fourth-order valence-corrected chi connectivity index (χ4v) is 4.00. The maximum atomic E-state index is 11.8. The topological polar surface area (TPSA) is 121 Å². The minimum absolute atomic E-state index is 0.0359. The highest BCUT2D eigenvalue weighted by molar-refractivity contribution is 7.66. The molecule has 27 heavy (non-hydrogen) atoms. The molecule has 3 N–H and O–H groups in total. The van der Waals surface area contributed by atoms with Gasteiger partial charge in [-0.1, -0.05) is 17.7 Å². The number of amides is 1. The number of rotatable bonds is 5. The first-order chi connectivity index (χ1) is 12.5. The third kappa shape index (κ3) is 6.49. The molecule has 0 aliphatic heterocycles. The van der Waals surface area contributed by atoms with Crippen LogP contribution in [0.1, 0.15) is 26.3 Å². The molecule has 1 unspecified atom stereocenters. The number of carbonyl (C=O) groups excluding carboxylic acids is 1. The summed E-state index contributed by atoms with van der Waals surface area (Å²) in [5.41, 5.74) is 0.0464. The molecule has 0 saturated carbocycles. The average molecular weight is 432 g/mol. The van der Waals surface area contributed by atoms with Crippen molar-refractivity contribution in [1.82, 2.24) is 9.69 Å². The first-order valence-electron chi connectivity index (χ1n) is 7.75. The number of halogens is 1. The van der Waals surface area contributed by atoms with E-state index in [-0.39, 0.29) is 23.0 Å². The number of nitrogens with zero attached hydrogens (tertiary/aromatic N) is 2. The molecule has 8 nitrogen and oxygen atoms in total. The van der Waals surface area contributed by atoms with Crippen LogP contribution in [-0.4, -0.2) is 38.3 Å². The van der Waals surface area contributed by atoms with Crippen molar-refractivity contribution < 1.29 is 24.5 Å². The van der Waals surface area contributed by atoms with Crippen LogP contribution in [0.15, 0.2) is 23.2 Å². The molecule has 1 atom stereocenters. The second-order valence-electron chi connectivity index (χ2n) is 6.52. The van der Waals surface area contributed by atoms with Gasteiger partial charge in [0.15, 0.2) is 9.82 Å². The van der Waals surface area contributed by atoms with Crippen LogP contribution in [0.3, 0.4) is 0 Å². The zero-order chi connectivity index (χ0) is 20.2. The van der Waals surface area contributed by atoms with Gasteiger partial charge in [0, 0.05) is 17.0 Å². The minimum atomic E-state index is -1.22. The third-order valence-electron chi connectivity index (χ3n) is 3.10. The summed E-state index contributed by atoms with van der Waals surface area (Å²) in [7, 11) is 2.45. The van der Waals surface area contributed by atoms with E-state index in [9.17, 15) is 19.8 Å². The lowest BCUT2D eigenvalue weighted by Gasteiger charge is -2.22. The molecule has 2 aromatic rings. The lowest BCUT2D eigenvalue weighted by atomic mass is 10.1. The van der Waals surface area contributed by atoms with Gasteiger partial charge < -0.3 is 20.3 Å². The number of aliphatic carboxylic acids is 1. The van der Waals surface area contributed by atoms with Gasteiger partial charge in [-0.25, -0.2) is 14.6 Å². The molecule has 0 aliphatic rings.